The highest BCUT2D eigenvalue weighted by Crippen LogP contribution is 2.27. The van der Waals surface area contributed by atoms with Gasteiger partial charge in [0.05, 0.1) is 9.92 Å². The van der Waals surface area contributed by atoms with Gasteiger partial charge >= 0.3 is 0 Å². The Labute approximate surface area is 133 Å². The Morgan fingerprint density at radius 1 is 1.23 bits per heavy atom. The molecular formula is C15H14ClNO4S. The smallest absolute Gasteiger partial charge is 0.177 e. The van der Waals surface area contributed by atoms with Crippen LogP contribution in [0.2, 0.25) is 5.02 Å². The van der Waals surface area contributed by atoms with Crippen molar-refractivity contribution < 1.29 is 18.3 Å². The third-order valence-corrected chi connectivity index (χ3v) is 4.60. The quantitative estimate of drug-likeness (QED) is 0.846. The number of aryl methyl sites for hydroxylation is 2. The first-order valence-corrected chi connectivity index (χ1v) is 8.68. The summed E-state index contributed by atoms with van der Waals surface area (Å²) in [5.41, 5.74) is 1.77. The highest BCUT2D eigenvalue weighted by atomic mass is 35.5. The number of aromatic hydroxyl groups is 1. The molecule has 116 valence electrons. The monoisotopic (exact) mass is 339 g/mol. The second kappa shape index (κ2) is 6.46. The van der Waals surface area contributed by atoms with Crippen LogP contribution in [0.5, 0.6) is 5.75 Å². The summed E-state index contributed by atoms with van der Waals surface area (Å²) in [6.45, 7) is 0. The summed E-state index contributed by atoms with van der Waals surface area (Å²) in [6, 6.07) is 4.41. The van der Waals surface area contributed by atoms with Crippen molar-refractivity contribution >= 4 is 27.7 Å². The fraction of sp³-hybridized carbons (Fsp3) is 0.200. The van der Waals surface area contributed by atoms with E-state index < -0.39 is 9.84 Å². The van der Waals surface area contributed by atoms with E-state index in [1.807, 2.05) is 0 Å². The number of halogens is 1. The standard InChI is InChI=1S/C15H14ClNO4S/c1-22(20,21)13-4-10(7-17-8-13)2-3-11-6-15(19)14(16)5-12(11)9-18/h4-9,19H,2-3H2,1H3. The number of aldehydes is 1. The van der Waals surface area contributed by atoms with E-state index in [0.717, 1.165) is 11.8 Å². The Morgan fingerprint density at radius 3 is 2.59 bits per heavy atom. The molecule has 2 rings (SSSR count). The number of sulfone groups is 1. The SMILES string of the molecule is CS(=O)(=O)c1cncc(CCc2cc(O)c(Cl)cc2C=O)c1. The number of nitrogens with zero attached hydrogens (tertiary/aromatic N) is 1. The van der Waals surface area contributed by atoms with Crippen molar-refractivity contribution in [3.8, 4) is 5.75 Å². The molecule has 0 bridgehead atoms. The van der Waals surface area contributed by atoms with E-state index >= 15 is 0 Å². The van der Waals surface area contributed by atoms with Crippen molar-refractivity contribution in [3.63, 3.8) is 0 Å². The van der Waals surface area contributed by atoms with Crippen molar-refractivity contribution in [1.82, 2.24) is 4.98 Å². The average Bonchev–Trinajstić information content (AvgIpc) is 2.47. The van der Waals surface area contributed by atoms with Crippen molar-refractivity contribution in [1.29, 1.82) is 0 Å². The molecule has 0 atom stereocenters. The molecule has 0 aliphatic heterocycles. The normalized spacial score (nSPS) is 11.4. The van der Waals surface area contributed by atoms with Crippen LogP contribution >= 0.6 is 11.6 Å². The van der Waals surface area contributed by atoms with Gasteiger partial charge in [-0.15, -0.1) is 0 Å². The summed E-state index contributed by atoms with van der Waals surface area (Å²) in [7, 11) is -3.31. The Balaban J connectivity index is 2.24. The minimum absolute atomic E-state index is 0.0923. The number of phenolic OH excluding ortho intramolecular Hbond substituents is 1. The van der Waals surface area contributed by atoms with Gasteiger partial charge in [0.2, 0.25) is 0 Å². The van der Waals surface area contributed by atoms with E-state index in [0.29, 0.717) is 30.3 Å². The maximum Gasteiger partial charge on any atom is 0.177 e. The van der Waals surface area contributed by atoms with Crippen LogP contribution in [0.15, 0.2) is 35.5 Å². The van der Waals surface area contributed by atoms with Crippen LogP contribution in [0.4, 0.5) is 0 Å². The molecule has 0 saturated heterocycles. The fourth-order valence-corrected chi connectivity index (χ4v) is 2.82. The molecule has 1 aromatic carbocycles. The number of phenols is 1. The lowest BCUT2D eigenvalue weighted by Crippen LogP contribution is -2.01. The molecule has 2 aromatic rings. The molecule has 0 amide bonds. The van der Waals surface area contributed by atoms with Crippen LogP contribution in [0, 0.1) is 0 Å². The van der Waals surface area contributed by atoms with Gasteiger partial charge in [0.1, 0.15) is 12.0 Å². The van der Waals surface area contributed by atoms with Gasteiger partial charge in [0.25, 0.3) is 0 Å². The largest absolute Gasteiger partial charge is 0.506 e. The van der Waals surface area contributed by atoms with Crippen LogP contribution in [0.1, 0.15) is 21.5 Å². The zero-order valence-electron chi connectivity index (χ0n) is 11.8. The van der Waals surface area contributed by atoms with Gasteiger partial charge in [0, 0.05) is 24.2 Å². The molecule has 0 saturated carbocycles. The van der Waals surface area contributed by atoms with E-state index in [1.54, 1.807) is 12.3 Å². The lowest BCUT2D eigenvalue weighted by molar-refractivity contribution is 0.112. The Bertz CT molecular complexity index is 818. The minimum atomic E-state index is -3.31. The first kappa shape index (κ1) is 16.5. The number of hydrogen-bond acceptors (Lipinski definition) is 5. The fourth-order valence-electron chi connectivity index (χ4n) is 2.03. The second-order valence-corrected chi connectivity index (χ2v) is 7.34. The van der Waals surface area contributed by atoms with Crippen molar-refractivity contribution in [2.45, 2.75) is 17.7 Å². The first-order valence-electron chi connectivity index (χ1n) is 6.42. The number of pyridine rings is 1. The van der Waals surface area contributed by atoms with E-state index in [9.17, 15) is 18.3 Å². The van der Waals surface area contributed by atoms with Crippen LogP contribution in [0.25, 0.3) is 0 Å². The summed E-state index contributed by atoms with van der Waals surface area (Å²) in [6.07, 6.45) is 5.60. The number of aromatic nitrogens is 1. The number of hydrogen-bond donors (Lipinski definition) is 1. The third-order valence-electron chi connectivity index (χ3n) is 3.22. The number of rotatable bonds is 5. The van der Waals surface area contributed by atoms with Crippen LogP contribution in [-0.4, -0.2) is 31.1 Å². The zero-order chi connectivity index (χ0) is 16.3. The molecule has 1 aromatic heterocycles. The predicted octanol–water partition coefficient (Wildman–Crippen LogP) is 2.44. The van der Waals surface area contributed by atoms with E-state index in [4.69, 9.17) is 11.6 Å². The lowest BCUT2D eigenvalue weighted by atomic mass is 10.0. The van der Waals surface area contributed by atoms with Crippen LogP contribution in [-0.2, 0) is 22.7 Å². The highest BCUT2D eigenvalue weighted by molar-refractivity contribution is 7.90. The minimum Gasteiger partial charge on any atom is -0.506 e. The van der Waals surface area contributed by atoms with E-state index in [1.165, 1.54) is 18.3 Å². The summed E-state index contributed by atoms with van der Waals surface area (Å²) in [4.78, 5) is 15.1. The maximum atomic E-state index is 11.5. The van der Waals surface area contributed by atoms with E-state index in [2.05, 4.69) is 4.98 Å². The van der Waals surface area contributed by atoms with Gasteiger partial charge in [-0.25, -0.2) is 8.42 Å². The number of carbonyl (C=O) groups is 1. The molecule has 0 radical (unpaired) electrons. The molecule has 7 heteroatoms. The molecule has 0 aliphatic carbocycles. The molecule has 5 nitrogen and oxygen atoms in total. The summed E-state index contributed by atoms with van der Waals surface area (Å²) in [5, 5.41) is 9.75. The van der Waals surface area contributed by atoms with E-state index in [-0.39, 0.29) is 15.7 Å². The number of carbonyl (C=O) groups excluding carboxylic acids is 1. The Kier molecular flexibility index (Phi) is 4.83. The van der Waals surface area contributed by atoms with Crippen molar-refractivity contribution in [3.05, 3.63) is 52.3 Å². The van der Waals surface area contributed by atoms with Gasteiger partial charge in [-0.2, -0.15) is 0 Å². The van der Waals surface area contributed by atoms with Gasteiger partial charge < -0.3 is 5.11 Å². The van der Waals surface area contributed by atoms with Gasteiger partial charge in [-0.3, -0.25) is 9.78 Å². The molecule has 0 fully saturated rings. The van der Waals surface area contributed by atoms with Gasteiger partial charge in [-0.05, 0) is 42.2 Å². The Hall–Kier alpha value is -1.92. The summed E-state index contributed by atoms with van der Waals surface area (Å²) in [5.74, 6) is -0.0923. The first-order chi connectivity index (χ1) is 10.3. The molecule has 22 heavy (non-hydrogen) atoms. The lowest BCUT2D eigenvalue weighted by Gasteiger charge is -2.08. The van der Waals surface area contributed by atoms with Gasteiger partial charge in [-0.1, -0.05) is 11.6 Å². The number of benzene rings is 1. The molecule has 0 aliphatic rings. The third kappa shape index (κ3) is 3.84. The molecular weight excluding hydrogens is 326 g/mol. The zero-order valence-corrected chi connectivity index (χ0v) is 13.4. The van der Waals surface area contributed by atoms with Crippen LogP contribution in [0.3, 0.4) is 0 Å². The Morgan fingerprint density at radius 2 is 1.95 bits per heavy atom. The van der Waals surface area contributed by atoms with Crippen molar-refractivity contribution in [2.24, 2.45) is 0 Å². The molecule has 0 unspecified atom stereocenters. The predicted molar refractivity (Wildman–Crippen MR) is 83.3 cm³/mol. The summed E-state index contributed by atoms with van der Waals surface area (Å²) < 4.78 is 23.0. The topological polar surface area (TPSA) is 84.3 Å². The highest BCUT2D eigenvalue weighted by Gasteiger charge is 2.10. The average molecular weight is 340 g/mol. The molecule has 1 N–H and O–H groups in total. The van der Waals surface area contributed by atoms with Gasteiger partial charge in [0.15, 0.2) is 9.84 Å². The molecule has 0 spiro atoms. The van der Waals surface area contributed by atoms with Crippen LogP contribution < -0.4 is 0 Å². The maximum absolute atomic E-state index is 11.5. The van der Waals surface area contributed by atoms with Crippen molar-refractivity contribution in [2.75, 3.05) is 6.26 Å². The second-order valence-electron chi connectivity index (χ2n) is 4.92. The summed E-state index contributed by atoms with van der Waals surface area (Å²) >= 11 is 5.77. The molecule has 1 heterocycles.